The van der Waals surface area contributed by atoms with Gasteiger partial charge >= 0.3 is 6.18 Å². The second-order valence-electron chi connectivity index (χ2n) is 6.84. The first-order valence-electron chi connectivity index (χ1n) is 8.69. The van der Waals surface area contributed by atoms with Gasteiger partial charge in [0.25, 0.3) is 0 Å². The molecule has 2 aliphatic rings. The number of rotatable bonds is 3. The summed E-state index contributed by atoms with van der Waals surface area (Å²) >= 11 is 0. The van der Waals surface area contributed by atoms with Crippen molar-refractivity contribution < 1.29 is 17.9 Å². The van der Waals surface area contributed by atoms with Crippen LogP contribution in [0.4, 0.5) is 13.2 Å². The van der Waals surface area contributed by atoms with Crippen molar-refractivity contribution in [2.45, 2.75) is 32.5 Å². The maximum absolute atomic E-state index is 12.6. The zero-order chi connectivity index (χ0) is 17.9. The molecule has 25 heavy (non-hydrogen) atoms. The molecule has 0 bridgehead atoms. The number of aliphatic imine (C=N–C) groups is 1. The van der Waals surface area contributed by atoms with Crippen LogP contribution >= 0.6 is 0 Å². The number of hydrogen-bond acceptors (Lipinski definition) is 2. The predicted molar refractivity (Wildman–Crippen MR) is 90.3 cm³/mol. The van der Waals surface area contributed by atoms with Crippen molar-refractivity contribution in [1.29, 1.82) is 0 Å². The molecule has 0 radical (unpaired) electrons. The van der Waals surface area contributed by atoms with E-state index in [0.29, 0.717) is 6.54 Å². The summed E-state index contributed by atoms with van der Waals surface area (Å²) in [6, 6.07) is 5.20. The molecule has 1 atom stereocenters. The first-order chi connectivity index (χ1) is 11.9. The number of alkyl halides is 3. The van der Waals surface area contributed by atoms with E-state index < -0.39 is 11.7 Å². The van der Waals surface area contributed by atoms with Gasteiger partial charge in [-0.25, -0.2) is 4.99 Å². The zero-order valence-corrected chi connectivity index (χ0v) is 14.4. The van der Waals surface area contributed by atoms with E-state index in [2.05, 4.69) is 15.2 Å². The van der Waals surface area contributed by atoms with Gasteiger partial charge in [-0.05, 0) is 37.5 Å². The molecule has 3 rings (SSSR count). The minimum Gasteiger partial charge on any atom is -0.381 e. The van der Waals surface area contributed by atoms with Crippen LogP contribution in [0.1, 0.15) is 30.9 Å². The topological polar surface area (TPSA) is 36.9 Å². The van der Waals surface area contributed by atoms with Crippen LogP contribution in [0.25, 0.3) is 0 Å². The number of guanidine groups is 1. The second kappa shape index (κ2) is 7.23. The number of nitrogens with one attached hydrogen (secondary N) is 1. The van der Waals surface area contributed by atoms with Crippen LogP contribution in [0.2, 0.25) is 0 Å². The van der Waals surface area contributed by atoms with Gasteiger partial charge in [0, 0.05) is 31.7 Å². The molecule has 7 heteroatoms. The molecule has 0 aliphatic carbocycles. The standard InChI is InChI=1S/C18H24F3N3O/c1-2-22-16(24-9-7-17(12-24)8-10-25-13-17)23-11-14-3-5-15(6-4-14)18(19,20)21/h3-6H,2,7-13H2,1H3,(H,22,23). The van der Waals surface area contributed by atoms with Gasteiger partial charge in [-0.15, -0.1) is 0 Å². The third kappa shape index (κ3) is 4.26. The fraction of sp³-hybridized carbons (Fsp3) is 0.611. The van der Waals surface area contributed by atoms with Crippen molar-refractivity contribution in [3.05, 3.63) is 35.4 Å². The summed E-state index contributed by atoms with van der Waals surface area (Å²) in [4.78, 5) is 6.86. The molecule has 2 heterocycles. The third-order valence-electron chi connectivity index (χ3n) is 4.95. The Labute approximate surface area is 146 Å². The Morgan fingerprint density at radius 3 is 2.64 bits per heavy atom. The largest absolute Gasteiger partial charge is 0.416 e. The van der Waals surface area contributed by atoms with E-state index in [0.717, 1.165) is 69.3 Å². The van der Waals surface area contributed by atoms with Crippen molar-refractivity contribution in [3.8, 4) is 0 Å². The Morgan fingerprint density at radius 1 is 1.28 bits per heavy atom. The highest BCUT2D eigenvalue weighted by atomic mass is 19.4. The summed E-state index contributed by atoms with van der Waals surface area (Å²) in [5, 5.41) is 3.29. The quantitative estimate of drug-likeness (QED) is 0.668. The van der Waals surface area contributed by atoms with Gasteiger partial charge in [0.05, 0.1) is 18.7 Å². The second-order valence-corrected chi connectivity index (χ2v) is 6.84. The third-order valence-corrected chi connectivity index (χ3v) is 4.95. The fourth-order valence-corrected chi connectivity index (χ4v) is 3.48. The minimum absolute atomic E-state index is 0.241. The number of hydrogen-bond donors (Lipinski definition) is 1. The van der Waals surface area contributed by atoms with E-state index >= 15 is 0 Å². The van der Waals surface area contributed by atoms with Crippen LogP contribution in [-0.2, 0) is 17.5 Å². The highest BCUT2D eigenvalue weighted by molar-refractivity contribution is 5.80. The highest BCUT2D eigenvalue weighted by Crippen LogP contribution is 2.38. The molecule has 138 valence electrons. The van der Waals surface area contributed by atoms with Gasteiger partial charge in [0.2, 0.25) is 0 Å². The molecule has 0 amide bonds. The molecule has 4 nitrogen and oxygen atoms in total. The molecule has 1 spiro atoms. The van der Waals surface area contributed by atoms with E-state index in [-0.39, 0.29) is 5.41 Å². The van der Waals surface area contributed by atoms with Gasteiger partial charge in [0.1, 0.15) is 0 Å². The summed E-state index contributed by atoms with van der Waals surface area (Å²) in [6.07, 6.45) is -2.12. The Kier molecular flexibility index (Phi) is 5.22. The lowest BCUT2D eigenvalue weighted by Crippen LogP contribution is -2.41. The van der Waals surface area contributed by atoms with Crippen LogP contribution in [0.3, 0.4) is 0 Å². The molecule has 0 aromatic heterocycles. The van der Waals surface area contributed by atoms with E-state index in [1.165, 1.54) is 12.1 Å². The van der Waals surface area contributed by atoms with E-state index in [1.54, 1.807) is 0 Å². The predicted octanol–water partition coefficient (Wildman–Crippen LogP) is 3.28. The fourth-order valence-electron chi connectivity index (χ4n) is 3.48. The molecule has 1 N–H and O–H groups in total. The van der Waals surface area contributed by atoms with E-state index in [4.69, 9.17) is 4.74 Å². The zero-order valence-electron chi connectivity index (χ0n) is 14.4. The average Bonchev–Trinajstić information content (AvgIpc) is 3.21. The van der Waals surface area contributed by atoms with Crippen LogP contribution in [0.15, 0.2) is 29.3 Å². The summed E-state index contributed by atoms with van der Waals surface area (Å²) in [5.74, 6) is 0.825. The van der Waals surface area contributed by atoms with Crippen molar-refractivity contribution >= 4 is 5.96 Å². The minimum atomic E-state index is -4.30. The number of ether oxygens (including phenoxy) is 1. The SMILES string of the molecule is CCNC(=NCc1ccc(C(F)(F)F)cc1)N1CCC2(CCOC2)C1. The first kappa shape index (κ1) is 18.0. The normalized spacial score (nSPS) is 24.3. The monoisotopic (exact) mass is 355 g/mol. The molecule has 1 aromatic carbocycles. The Morgan fingerprint density at radius 2 is 2.04 bits per heavy atom. The van der Waals surface area contributed by atoms with Crippen LogP contribution in [0.5, 0.6) is 0 Å². The van der Waals surface area contributed by atoms with Gasteiger partial charge in [-0.2, -0.15) is 13.2 Å². The smallest absolute Gasteiger partial charge is 0.381 e. The highest BCUT2D eigenvalue weighted by Gasteiger charge is 2.42. The lowest BCUT2D eigenvalue weighted by molar-refractivity contribution is -0.137. The molecule has 1 unspecified atom stereocenters. The molecule has 2 aliphatic heterocycles. The van der Waals surface area contributed by atoms with E-state index in [1.807, 2.05) is 6.92 Å². The number of halogens is 3. The number of nitrogens with zero attached hydrogens (tertiary/aromatic N) is 2. The van der Waals surface area contributed by atoms with Crippen molar-refractivity contribution in [2.24, 2.45) is 10.4 Å². The van der Waals surface area contributed by atoms with Gasteiger partial charge < -0.3 is 15.0 Å². The van der Waals surface area contributed by atoms with Crippen molar-refractivity contribution in [1.82, 2.24) is 10.2 Å². The summed E-state index contributed by atoms with van der Waals surface area (Å²) in [5.41, 5.74) is 0.376. The van der Waals surface area contributed by atoms with Crippen molar-refractivity contribution in [2.75, 3.05) is 32.8 Å². The van der Waals surface area contributed by atoms with E-state index in [9.17, 15) is 13.2 Å². The number of benzene rings is 1. The molecular weight excluding hydrogens is 331 g/mol. The lowest BCUT2D eigenvalue weighted by atomic mass is 9.87. The first-order valence-corrected chi connectivity index (χ1v) is 8.69. The Hall–Kier alpha value is -1.76. The van der Waals surface area contributed by atoms with Crippen LogP contribution in [-0.4, -0.2) is 43.7 Å². The van der Waals surface area contributed by atoms with Crippen LogP contribution in [0, 0.1) is 5.41 Å². The molecule has 2 fully saturated rings. The Bertz CT molecular complexity index is 607. The summed E-state index contributed by atoms with van der Waals surface area (Å²) in [6.45, 7) is 6.62. The van der Waals surface area contributed by atoms with Gasteiger partial charge in [-0.3, -0.25) is 0 Å². The molecule has 0 saturated carbocycles. The van der Waals surface area contributed by atoms with Crippen molar-refractivity contribution in [3.63, 3.8) is 0 Å². The maximum atomic E-state index is 12.6. The average molecular weight is 355 g/mol. The summed E-state index contributed by atoms with van der Waals surface area (Å²) in [7, 11) is 0. The lowest BCUT2D eigenvalue weighted by Gasteiger charge is -2.25. The summed E-state index contributed by atoms with van der Waals surface area (Å²) < 4.78 is 43.4. The van der Waals surface area contributed by atoms with Gasteiger partial charge in [0.15, 0.2) is 5.96 Å². The molecule has 1 aromatic rings. The molecule has 2 saturated heterocycles. The maximum Gasteiger partial charge on any atom is 0.416 e. The number of likely N-dealkylation sites (tertiary alicyclic amines) is 1. The van der Waals surface area contributed by atoms with Crippen LogP contribution < -0.4 is 5.32 Å². The molecular formula is C18H24F3N3O. The Balaban J connectivity index is 1.66. The van der Waals surface area contributed by atoms with Gasteiger partial charge in [-0.1, -0.05) is 12.1 Å².